The van der Waals surface area contributed by atoms with E-state index in [0.29, 0.717) is 12.1 Å². The van der Waals surface area contributed by atoms with Crippen molar-refractivity contribution in [2.45, 2.75) is 6.92 Å². The topological polar surface area (TPSA) is 20.3 Å². The molecule has 0 heterocycles. The third-order valence-corrected chi connectivity index (χ3v) is 1.55. The maximum Gasteiger partial charge on any atom is 0.218 e. The van der Waals surface area contributed by atoms with E-state index in [0.717, 1.165) is 0 Å². The fraction of sp³-hybridized carbons (Fsp3) is 0.100. The molecule has 0 saturated heterocycles. The van der Waals surface area contributed by atoms with E-state index < -0.39 is 0 Å². The van der Waals surface area contributed by atoms with Crippen molar-refractivity contribution >= 4 is 12.1 Å². The van der Waals surface area contributed by atoms with Crippen LogP contribution in [-0.4, -0.2) is 6.41 Å². The Bertz CT molecular complexity index is 305. The van der Waals surface area contributed by atoms with Crippen molar-refractivity contribution in [2.75, 3.05) is 4.90 Å². The number of hydrogen-bond acceptors (Lipinski definition) is 1. The van der Waals surface area contributed by atoms with E-state index in [4.69, 9.17) is 0 Å². The Hall–Kier alpha value is -1.64. The van der Waals surface area contributed by atoms with E-state index in [1.165, 1.54) is 17.0 Å². The molecule has 0 fully saturated rings. The van der Waals surface area contributed by atoms with Crippen LogP contribution >= 0.6 is 0 Å². The van der Waals surface area contributed by atoms with Crippen molar-refractivity contribution in [1.82, 2.24) is 0 Å². The first-order valence-electron chi connectivity index (χ1n) is 3.90. The molecule has 0 spiro atoms. The summed E-state index contributed by atoms with van der Waals surface area (Å²) in [5.41, 5.74) is 0.648. The predicted octanol–water partition coefficient (Wildman–Crippen LogP) is 2.32. The van der Waals surface area contributed by atoms with Crippen LogP contribution in [0.15, 0.2) is 36.5 Å². The van der Waals surface area contributed by atoms with Gasteiger partial charge in [-0.15, -0.1) is 0 Å². The molecule has 1 aromatic carbocycles. The van der Waals surface area contributed by atoms with Crippen molar-refractivity contribution in [1.29, 1.82) is 0 Å². The Morgan fingerprint density at radius 2 is 1.92 bits per heavy atom. The molecule has 2 nitrogen and oxygen atoms in total. The zero-order valence-corrected chi connectivity index (χ0v) is 7.27. The molecule has 0 radical (unpaired) electrons. The molecule has 0 saturated carbocycles. The lowest BCUT2D eigenvalue weighted by molar-refractivity contribution is -0.106. The van der Waals surface area contributed by atoms with E-state index >= 15 is 0 Å². The number of allylic oxidation sites excluding steroid dienone is 1. The molecule has 1 rings (SSSR count). The second-order valence-electron chi connectivity index (χ2n) is 2.47. The fourth-order valence-electron chi connectivity index (χ4n) is 0.956. The molecule has 0 aromatic heterocycles. The molecule has 3 heteroatoms. The Labute approximate surface area is 76.3 Å². The molecular formula is C10H10FNO. The van der Waals surface area contributed by atoms with E-state index in [1.54, 1.807) is 31.3 Å². The molecule has 0 aliphatic carbocycles. The van der Waals surface area contributed by atoms with E-state index in [1.807, 2.05) is 0 Å². The molecule has 68 valence electrons. The number of anilines is 1. The highest BCUT2D eigenvalue weighted by Gasteiger charge is 1.99. The first-order chi connectivity index (χ1) is 6.27. The second-order valence-corrected chi connectivity index (χ2v) is 2.47. The van der Waals surface area contributed by atoms with Crippen molar-refractivity contribution in [3.8, 4) is 0 Å². The molecule has 0 aliphatic heterocycles. The van der Waals surface area contributed by atoms with Crippen LogP contribution in [0.4, 0.5) is 10.1 Å². The minimum absolute atomic E-state index is 0.310. The van der Waals surface area contributed by atoms with Crippen molar-refractivity contribution in [2.24, 2.45) is 0 Å². The number of nitrogens with zero attached hydrogens (tertiary/aromatic N) is 1. The predicted molar refractivity (Wildman–Crippen MR) is 49.8 cm³/mol. The maximum atomic E-state index is 12.5. The minimum atomic E-state index is -0.310. The van der Waals surface area contributed by atoms with Gasteiger partial charge in [0.2, 0.25) is 6.41 Å². The highest BCUT2D eigenvalue weighted by atomic mass is 19.1. The average molecular weight is 179 g/mol. The van der Waals surface area contributed by atoms with Gasteiger partial charge in [-0.1, -0.05) is 6.08 Å². The molecule has 0 unspecified atom stereocenters. The maximum absolute atomic E-state index is 12.5. The van der Waals surface area contributed by atoms with Crippen LogP contribution in [0.2, 0.25) is 0 Å². The zero-order valence-electron chi connectivity index (χ0n) is 7.27. The first kappa shape index (κ1) is 9.45. The van der Waals surface area contributed by atoms with Gasteiger partial charge in [0.15, 0.2) is 0 Å². The SMILES string of the molecule is C/C=C\N(C=O)c1ccc(F)cc1. The van der Waals surface area contributed by atoms with Gasteiger partial charge in [-0.3, -0.25) is 9.69 Å². The third kappa shape index (κ3) is 2.40. The van der Waals surface area contributed by atoms with Crippen molar-refractivity contribution in [3.05, 3.63) is 42.4 Å². The Kier molecular flexibility index (Phi) is 3.20. The largest absolute Gasteiger partial charge is 0.291 e. The Balaban J connectivity index is 2.91. The molecule has 1 amide bonds. The van der Waals surface area contributed by atoms with Gasteiger partial charge >= 0.3 is 0 Å². The van der Waals surface area contributed by atoms with Crippen molar-refractivity contribution in [3.63, 3.8) is 0 Å². The van der Waals surface area contributed by atoms with Crippen LogP contribution in [-0.2, 0) is 4.79 Å². The van der Waals surface area contributed by atoms with Gasteiger partial charge in [-0.25, -0.2) is 4.39 Å². The summed E-state index contributed by atoms with van der Waals surface area (Å²) in [6, 6.07) is 5.72. The summed E-state index contributed by atoms with van der Waals surface area (Å²) >= 11 is 0. The van der Waals surface area contributed by atoms with Crippen LogP contribution in [0.25, 0.3) is 0 Å². The first-order valence-corrected chi connectivity index (χ1v) is 3.90. The smallest absolute Gasteiger partial charge is 0.218 e. The van der Waals surface area contributed by atoms with Gasteiger partial charge in [0.05, 0.1) is 0 Å². The van der Waals surface area contributed by atoms with Crippen LogP contribution in [0, 0.1) is 5.82 Å². The summed E-state index contributed by atoms with van der Waals surface area (Å²) in [5, 5.41) is 0. The summed E-state index contributed by atoms with van der Waals surface area (Å²) in [5.74, 6) is -0.310. The minimum Gasteiger partial charge on any atom is -0.291 e. The van der Waals surface area contributed by atoms with E-state index in [9.17, 15) is 9.18 Å². The standard InChI is InChI=1S/C10H10FNO/c1-2-7-12(8-13)10-5-3-9(11)4-6-10/h2-8H,1H3/b7-2-. The summed E-state index contributed by atoms with van der Waals surface area (Å²) in [7, 11) is 0. The van der Waals surface area contributed by atoms with Crippen LogP contribution < -0.4 is 4.90 Å². The normalized spacial score (nSPS) is 10.3. The summed E-state index contributed by atoms with van der Waals surface area (Å²) in [6.07, 6.45) is 4.02. The summed E-state index contributed by atoms with van der Waals surface area (Å²) < 4.78 is 12.5. The molecule has 0 bridgehead atoms. The lowest BCUT2D eigenvalue weighted by Crippen LogP contribution is -2.12. The van der Waals surface area contributed by atoms with Gasteiger partial charge in [0, 0.05) is 11.9 Å². The van der Waals surface area contributed by atoms with Crippen LogP contribution in [0.5, 0.6) is 0 Å². The lowest BCUT2D eigenvalue weighted by atomic mass is 10.3. The van der Waals surface area contributed by atoms with Gasteiger partial charge < -0.3 is 0 Å². The van der Waals surface area contributed by atoms with E-state index in [-0.39, 0.29) is 5.82 Å². The lowest BCUT2D eigenvalue weighted by Gasteiger charge is -2.11. The monoisotopic (exact) mass is 179 g/mol. The average Bonchev–Trinajstić information content (AvgIpc) is 2.16. The number of halogens is 1. The summed E-state index contributed by atoms with van der Waals surface area (Å²) in [6.45, 7) is 1.81. The Morgan fingerprint density at radius 1 is 1.31 bits per heavy atom. The van der Waals surface area contributed by atoms with Gasteiger partial charge in [-0.2, -0.15) is 0 Å². The Morgan fingerprint density at radius 3 is 2.38 bits per heavy atom. The zero-order chi connectivity index (χ0) is 9.68. The fourth-order valence-corrected chi connectivity index (χ4v) is 0.956. The molecule has 0 N–H and O–H groups in total. The second kappa shape index (κ2) is 4.40. The molecule has 1 aromatic rings. The quantitative estimate of drug-likeness (QED) is 0.652. The van der Waals surface area contributed by atoms with Gasteiger partial charge in [-0.05, 0) is 31.2 Å². The highest BCUT2D eigenvalue weighted by molar-refractivity contribution is 5.77. The molecule has 0 atom stereocenters. The molecule has 13 heavy (non-hydrogen) atoms. The molecule has 0 aliphatic rings. The van der Waals surface area contributed by atoms with Crippen LogP contribution in [0.1, 0.15) is 6.92 Å². The van der Waals surface area contributed by atoms with Crippen LogP contribution in [0.3, 0.4) is 0 Å². The summed E-state index contributed by atoms with van der Waals surface area (Å²) in [4.78, 5) is 11.9. The van der Waals surface area contributed by atoms with Gasteiger partial charge in [0.25, 0.3) is 0 Å². The molecular weight excluding hydrogens is 169 g/mol. The number of amides is 1. The van der Waals surface area contributed by atoms with Crippen molar-refractivity contribution < 1.29 is 9.18 Å². The number of carbonyl (C=O) groups is 1. The number of hydrogen-bond donors (Lipinski definition) is 0. The number of benzene rings is 1. The number of rotatable bonds is 3. The van der Waals surface area contributed by atoms with Gasteiger partial charge in [0.1, 0.15) is 5.82 Å². The third-order valence-electron chi connectivity index (χ3n) is 1.55. The number of carbonyl (C=O) groups excluding carboxylic acids is 1. The van der Waals surface area contributed by atoms with E-state index in [2.05, 4.69) is 0 Å². The highest BCUT2D eigenvalue weighted by Crippen LogP contribution is 2.13.